The molecule has 0 heterocycles. The average molecular weight is 214 g/mol. The minimum atomic E-state index is -0.392. The first-order valence-electron chi connectivity index (χ1n) is 4.72. The van der Waals surface area contributed by atoms with Crippen molar-refractivity contribution in [3.8, 4) is 0 Å². The Kier molecular flexibility index (Phi) is 7.36. The lowest BCUT2D eigenvalue weighted by atomic mass is 10.4. The highest BCUT2D eigenvalue weighted by molar-refractivity contribution is 5.86. The molecule has 15 heavy (non-hydrogen) atoms. The summed E-state index contributed by atoms with van der Waals surface area (Å²) >= 11 is 0. The molecular formula is C11H18O4. The molecule has 0 saturated carbocycles. The molecule has 0 aliphatic carbocycles. The molecule has 0 radical (unpaired) electrons. The van der Waals surface area contributed by atoms with Gasteiger partial charge in [0.25, 0.3) is 0 Å². The minimum absolute atomic E-state index is 0.235. The van der Waals surface area contributed by atoms with E-state index < -0.39 is 5.97 Å². The van der Waals surface area contributed by atoms with Gasteiger partial charge >= 0.3 is 5.97 Å². The van der Waals surface area contributed by atoms with Crippen LogP contribution in [0.3, 0.4) is 0 Å². The topological polar surface area (TPSA) is 44.8 Å². The van der Waals surface area contributed by atoms with E-state index in [-0.39, 0.29) is 6.61 Å². The van der Waals surface area contributed by atoms with Crippen LogP contribution in [-0.2, 0) is 19.0 Å². The number of carbonyl (C=O) groups excluding carboxylic acids is 1. The Bertz CT molecular complexity index is 233. The maximum atomic E-state index is 10.9. The van der Waals surface area contributed by atoms with Gasteiger partial charge in [0, 0.05) is 5.57 Å². The van der Waals surface area contributed by atoms with Gasteiger partial charge in [-0.1, -0.05) is 13.2 Å². The minimum Gasteiger partial charge on any atom is -0.496 e. The van der Waals surface area contributed by atoms with Gasteiger partial charge in [-0.05, 0) is 13.8 Å². The van der Waals surface area contributed by atoms with E-state index >= 15 is 0 Å². The molecule has 0 rings (SSSR count). The van der Waals surface area contributed by atoms with Crippen molar-refractivity contribution in [1.29, 1.82) is 0 Å². The lowest BCUT2D eigenvalue weighted by Crippen LogP contribution is -2.12. The van der Waals surface area contributed by atoms with Gasteiger partial charge in [0.15, 0.2) is 0 Å². The summed E-state index contributed by atoms with van der Waals surface area (Å²) < 4.78 is 15.0. The normalized spacial score (nSPS) is 9.47. The van der Waals surface area contributed by atoms with Gasteiger partial charge in [-0.3, -0.25) is 0 Å². The molecule has 4 heteroatoms. The maximum absolute atomic E-state index is 10.9. The molecular weight excluding hydrogens is 196 g/mol. The zero-order valence-corrected chi connectivity index (χ0v) is 9.38. The number of allylic oxidation sites excluding steroid dienone is 1. The highest BCUT2D eigenvalue weighted by Crippen LogP contribution is 1.92. The van der Waals surface area contributed by atoms with Crippen molar-refractivity contribution in [3.05, 3.63) is 24.5 Å². The van der Waals surface area contributed by atoms with Crippen LogP contribution in [0.2, 0.25) is 0 Å². The van der Waals surface area contributed by atoms with Gasteiger partial charge in [0.2, 0.25) is 0 Å². The summed E-state index contributed by atoms with van der Waals surface area (Å²) in [5, 5.41) is 0. The third-order valence-corrected chi connectivity index (χ3v) is 1.39. The van der Waals surface area contributed by atoms with Crippen molar-refractivity contribution < 1.29 is 19.0 Å². The molecule has 0 aromatic rings. The quantitative estimate of drug-likeness (QED) is 0.267. The van der Waals surface area contributed by atoms with E-state index in [1.165, 1.54) is 0 Å². The smallest absolute Gasteiger partial charge is 0.333 e. The van der Waals surface area contributed by atoms with E-state index in [0.717, 1.165) is 0 Å². The van der Waals surface area contributed by atoms with Gasteiger partial charge in [-0.25, -0.2) is 4.79 Å². The van der Waals surface area contributed by atoms with E-state index in [1.807, 2.05) is 0 Å². The monoisotopic (exact) mass is 214 g/mol. The van der Waals surface area contributed by atoms with E-state index in [4.69, 9.17) is 14.2 Å². The molecule has 0 aromatic heterocycles. The van der Waals surface area contributed by atoms with Crippen LogP contribution >= 0.6 is 0 Å². The molecule has 86 valence electrons. The van der Waals surface area contributed by atoms with Gasteiger partial charge in [-0.15, -0.1) is 0 Å². The summed E-state index contributed by atoms with van der Waals surface area (Å²) in [7, 11) is 0. The SMILES string of the molecule is C=C(C)OCCOCCOC(=O)C(=C)C. The second-order valence-electron chi connectivity index (χ2n) is 3.08. The largest absolute Gasteiger partial charge is 0.496 e. The first kappa shape index (κ1) is 13.7. The Labute approximate surface area is 90.5 Å². The molecule has 0 aliphatic heterocycles. The van der Waals surface area contributed by atoms with E-state index in [2.05, 4.69) is 13.2 Å². The van der Waals surface area contributed by atoms with Crippen LogP contribution in [0.15, 0.2) is 24.5 Å². The lowest BCUT2D eigenvalue weighted by molar-refractivity contribution is -0.140. The zero-order chi connectivity index (χ0) is 11.7. The molecule has 0 bridgehead atoms. The number of hydrogen-bond acceptors (Lipinski definition) is 4. The number of esters is 1. The van der Waals surface area contributed by atoms with Crippen molar-refractivity contribution in [1.82, 2.24) is 0 Å². The number of carbonyl (C=O) groups is 1. The maximum Gasteiger partial charge on any atom is 0.333 e. The van der Waals surface area contributed by atoms with Crippen LogP contribution in [0.5, 0.6) is 0 Å². The summed E-state index contributed by atoms with van der Waals surface area (Å²) in [6, 6.07) is 0. The van der Waals surface area contributed by atoms with E-state index in [0.29, 0.717) is 31.2 Å². The fourth-order valence-corrected chi connectivity index (χ4v) is 0.693. The highest BCUT2D eigenvalue weighted by Gasteiger charge is 2.01. The predicted octanol–water partition coefficient (Wildman–Crippen LogP) is 1.67. The first-order chi connectivity index (χ1) is 7.04. The van der Waals surface area contributed by atoms with E-state index in [1.54, 1.807) is 13.8 Å². The average Bonchev–Trinajstić information content (AvgIpc) is 2.15. The number of ether oxygens (including phenoxy) is 3. The Morgan fingerprint density at radius 3 is 2.00 bits per heavy atom. The highest BCUT2D eigenvalue weighted by atomic mass is 16.6. The Hall–Kier alpha value is -1.29. The van der Waals surface area contributed by atoms with Crippen molar-refractivity contribution in [2.45, 2.75) is 13.8 Å². The van der Waals surface area contributed by atoms with Crippen LogP contribution in [0.25, 0.3) is 0 Å². The van der Waals surface area contributed by atoms with Crippen LogP contribution in [0.4, 0.5) is 0 Å². The summed E-state index contributed by atoms with van der Waals surface area (Å²) in [5.74, 6) is 0.268. The van der Waals surface area contributed by atoms with Crippen molar-refractivity contribution in [2.75, 3.05) is 26.4 Å². The van der Waals surface area contributed by atoms with Crippen molar-refractivity contribution in [2.24, 2.45) is 0 Å². The molecule has 0 saturated heterocycles. The number of hydrogen-bond donors (Lipinski definition) is 0. The molecule has 0 amide bonds. The molecule has 0 aromatic carbocycles. The first-order valence-corrected chi connectivity index (χ1v) is 4.72. The second kappa shape index (κ2) is 8.05. The molecule has 0 aliphatic rings. The fraction of sp³-hybridized carbons (Fsp3) is 0.545. The third kappa shape index (κ3) is 9.02. The summed E-state index contributed by atoms with van der Waals surface area (Å²) in [6.45, 7) is 11.9. The van der Waals surface area contributed by atoms with E-state index in [9.17, 15) is 4.79 Å². The van der Waals surface area contributed by atoms with Gasteiger partial charge in [-0.2, -0.15) is 0 Å². The third-order valence-electron chi connectivity index (χ3n) is 1.39. The van der Waals surface area contributed by atoms with Crippen molar-refractivity contribution in [3.63, 3.8) is 0 Å². The molecule has 4 nitrogen and oxygen atoms in total. The fourth-order valence-electron chi connectivity index (χ4n) is 0.693. The summed E-state index contributed by atoms with van der Waals surface area (Å²) in [6.07, 6.45) is 0. The molecule has 0 unspecified atom stereocenters. The second-order valence-corrected chi connectivity index (χ2v) is 3.08. The van der Waals surface area contributed by atoms with Crippen LogP contribution in [0.1, 0.15) is 13.8 Å². The predicted molar refractivity (Wildman–Crippen MR) is 57.4 cm³/mol. The standard InChI is InChI=1S/C11H18O4/c1-9(2)11(12)15-8-6-13-5-7-14-10(3)4/h1,3,5-8H2,2,4H3. The molecule has 0 spiro atoms. The zero-order valence-electron chi connectivity index (χ0n) is 9.38. The van der Waals surface area contributed by atoms with Crippen LogP contribution in [0, 0.1) is 0 Å². The Morgan fingerprint density at radius 2 is 1.53 bits per heavy atom. The van der Waals surface area contributed by atoms with Crippen molar-refractivity contribution >= 4 is 5.97 Å². The lowest BCUT2D eigenvalue weighted by Gasteiger charge is -2.07. The molecule has 0 atom stereocenters. The Balaban J connectivity index is 3.22. The Morgan fingerprint density at radius 1 is 1.00 bits per heavy atom. The molecule has 0 fully saturated rings. The number of rotatable bonds is 8. The van der Waals surface area contributed by atoms with Gasteiger partial charge in [0.05, 0.1) is 19.0 Å². The summed E-state index contributed by atoms with van der Waals surface area (Å²) in [5.41, 5.74) is 0.389. The van der Waals surface area contributed by atoms with Gasteiger partial charge < -0.3 is 14.2 Å². The van der Waals surface area contributed by atoms with Gasteiger partial charge in [0.1, 0.15) is 13.2 Å². The molecule has 0 N–H and O–H groups in total. The van der Waals surface area contributed by atoms with Crippen LogP contribution in [-0.4, -0.2) is 32.4 Å². The van der Waals surface area contributed by atoms with Crippen LogP contribution < -0.4 is 0 Å². The summed E-state index contributed by atoms with van der Waals surface area (Å²) in [4.78, 5) is 10.9.